The topological polar surface area (TPSA) is 162 Å². The van der Waals surface area contributed by atoms with Crippen LogP contribution in [0.15, 0.2) is 84.9 Å². The van der Waals surface area contributed by atoms with Crippen molar-refractivity contribution in [2.45, 2.75) is 64.5 Å². The van der Waals surface area contributed by atoms with Crippen molar-refractivity contribution in [1.82, 2.24) is 20.9 Å². The Morgan fingerprint density at radius 3 is 1.68 bits per heavy atom. The first-order valence-corrected chi connectivity index (χ1v) is 16.4. The smallest absolute Gasteiger partial charge is 0.407 e. The molecular weight excluding hydrogens is 644 g/mol. The van der Waals surface area contributed by atoms with Gasteiger partial charge >= 0.3 is 18.3 Å². The molecule has 5 amide bonds. The van der Waals surface area contributed by atoms with Crippen molar-refractivity contribution < 1.29 is 42.9 Å². The van der Waals surface area contributed by atoms with Gasteiger partial charge in [-0.15, -0.1) is 0 Å². The van der Waals surface area contributed by atoms with Crippen LogP contribution in [-0.4, -0.2) is 79.0 Å². The van der Waals surface area contributed by atoms with Crippen molar-refractivity contribution in [2.75, 3.05) is 26.3 Å². The highest BCUT2D eigenvalue weighted by Gasteiger charge is 2.37. The summed E-state index contributed by atoms with van der Waals surface area (Å²) >= 11 is 0. The van der Waals surface area contributed by atoms with Crippen LogP contribution >= 0.6 is 0 Å². The number of ether oxygens (including phenoxy) is 4. The number of fused-ring (bicyclic) bond motifs is 1. The fraction of sp³-hybridized carbons (Fsp3) is 0.378. The van der Waals surface area contributed by atoms with Gasteiger partial charge in [-0.25, -0.2) is 14.4 Å². The zero-order valence-electron chi connectivity index (χ0n) is 28.5. The van der Waals surface area contributed by atoms with E-state index in [1.54, 1.807) is 45.0 Å². The molecule has 0 aromatic heterocycles. The minimum Gasteiger partial charge on any atom is -0.445 e. The van der Waals surface area contributed by atoms with Gasteiger partial charge in [0.25, 0.3) is 11.8 Å². The zero-order chi connectivity index (χ0) is 35.9. The molecule has 0 bridgehead atoms. The lowest BCUT2D eigenvalue weighted by Crippen LogP contribution is -2.49. The Labute approximate surface area is 291 Å². The normalized spacial score (nSPS) is 13.5. The Bertz CT molecular complexity index is 1560. The summed E-state index contributed by atoms with van der Waals surface area (Å²) in [4.78, 5) is 64.9. The van der Waals surface area contributed by atoms with Gasteiger partial charge in [-0.05, 0) is 56.9 Å². The van der Waals surface area contributed by atoms with Gasteiger partial charge in [0.15, 0.2) is 0 Å². The molecule has 266 valence electrons. The molecule has 0 saturated carbocycles. The number of rotatable bonds is 16. The predicted octanol–water partition coefficient (Wildman–Crippen LogP) is 5.19. The van der Waals surface area contributed by atoms with E-state index in [1.165, 1.54) is 0 Å². The third-order valence-corrected chi connectivity index (χ3v) is 7.39. The SMILES string of the molecule is CC(C)(C)OC(=O)NCCC[C@@H](COC[C@@H](CN1C(=O)c2ccccc2C1=O)NC(=O)OCc1ccccc1)NC(=O)OCc1ccccc1. The molecule has 50 heavy (non-hydrogen) atoms. The molecule has 1 heterocycles. The Hall–Kier alpha value is -5.43. The lowest BCUT2D eigenvalue weighted by Gasteiger charge is -2.25. The fourth-order valence-corrected chi connectivity index (χ4v) is 5.03. The van der Waals surface area contributed by atoms with Crippen LogP contribution < -0.4 is 16.0 Å². The van der Waals surface area contributed by atoms with Crippen LogP contribution in [-0.2, 0) is 32.2 Å². The molecule has 3 N–H and O–H groups in total. The molecule has 0 spiro atoms. The monoisotopic (exact) mass is 688 g/mol. The van der Waals surface area contributed by atoms with Crippen LogP contribution in [0.5, 0.6) is 0 Å². The second kappa shape index (κ2) is 18.4. The van der Waals surface area contributed by atoms with E-state index < -0.39 is 47.8 Å². The number of hydrogen-bond acceptors (Lipinski definition) is 9. The van der Waals surface area contributed by atoms with Crippen molar-refractivity contribution in [2.24, 2.45) is 0 Å². The first kappa shape index (κ1) is 37.4. The standard InChI is InChI=1S/C37H44N4O9/c1-37(2,3)50-34(44)38-20-12-17-28(39-35(45)48-22-26-13-6-4-7-14-26)24-47-25-29(40-36(46)49-23-27-15-8-5-9-16-27)21-41-32(42)30-18-10-11-19-31(30)33(41)43/h4-11,13-16,18-19,28-29H,12,17,20-25H2,1-3H3,(H,38,44)(H,39,45)(H,40,46)/t28-,29+/m0/s1. The summed E-state index contributed by atoms with van der Waals surface area (Å²) in [5, 5.41) is 8.21. The summed E-state index contributed by atoms with van der Waals surface area (Å²) in [6.07, 6.45) is -1.11. The van der Waals surface area contributed by atoms with Gasteiger partial charge in [-0.1, -0.05) is 72.8 Å². The number of nitrogens with zero attached hydrogens (tertiary/aromatic N) is 1. The first-order chi connectivity index (χ1) is 24.0. The Balaban J connectivity index is 1.37. The lowest BCUT2D eigenvalue weighted by molar-refractivity contribution is 0.0517. The number of hydrogen-bond donors (Lipinski definition) is 3. The average molecular weight is 689 g/mol. The second-order valence-electron chi connectivity index (χ2n) is 12.7. The maximum absolute atomic E-state index is 13.1. The highest BCUT2D eigenvalue weighted by atomic mass is 16.6. The van der Waals surface area contributed by atoms with Crippen LogP contribution in [0.3, 0.4) is 0 Å². The quantitative estimate of drug-likeness (QED) is 0.104. The third kappa shape index (κ3) is 12.2. The summed E-state index contributed by atoms with van der Waals surface area (Å²) in [7, 11) is 0. The van der Waals surface area contributed by atoms with Crippen LogP contribution in [0.4, 0.5) is 14.4 Å². The van der Waals surface area contributed by atoms with Crippen LogP contribution in [0, 0.1) is 0 Å². The third-order valence-electron chi connectivity index (χ3n) is 7.39. The molecule has 13 nitrogen and oxygen atoms in total. The molecule has 13 heteroatoms. The molecule has 0 fully saturated rings. The fourth-order valence-electron chi connectivity index (χ4n) is 5.03. The molecular formula is C37H44N4O9. The summed E-state index contributed by atoms with van der Waals surface area (Å²) in [6, 6.07) is 23.4. The van der Waals surface area contributed by atoms with E-state index in [9.17, 15) is 24.0 Å². The highest BCUT2D eigenvalue weighted by molar-refractivity contribution is 6.21. The van der Waals surface area contributed by atoms with Crippen molar-refractivity contribution in [3.05, 3.63) is 107 Å². The highest BCUT2D eigenvalue weighted by Crippen LogP contribution is 2.22. The Morgan fingerprint density at radius 1 is 0.680 bits per heavy atom. The van der Waals surface area contributed by atoms with Gasteiger partial charge in [0, 0.05) is 6.54 Å². The Kier molecular flexibility index (Phi) is 13.7. The van der Waals surface area contributed by atoms with Gasteiger partial charge in [-0.3, -0.25) is 14.5 Å². The number of carbonyl (C=O) groups is 5. The van der Waals surface area contributed by atoms with E-state index in [1.807, 2.05) is 60.7 Å². The predicted molar refractivity (Wildman–Crippen MR) is 183 cm³/mol. The van der Waals surface area contributed by atoms with E-state index in [2.05, 4.69) is 16.0 Å². The maximum Gasteiger partial charge on any atom is 0.407 e. The van der Waals surface area contributed by atoms with Crippen molar-refractivity contribution >= 4 is 30.1 Å². The molecule has 3 aromatic carbocycles. The van der Waals surface area contributed by atoms with E-state index in [0.717, 1.165) is 16.0 Å². The van der Waals surface area contributed by atoms with E-state index in [4.69, 9.17) is 18.9 Å². The van der Waals surface area contributed by atoms with E-state index in [-0.39, 0.29) is 50.6 Å². The second-order valence-corrected chi connectivity index (χ2v) is 12.7. The zero-order valence-corrected chi connectivity index (χ0v) is 28.5. The Morgan fingerprint density at radius 2 is 1.16 bits per heavy atom. The van der Waals surface area contributed by atoms with Gasteiger partial charge in [0.05, 0.1) is 43.0 Å². The van der Waals surface area contributed by atoms with Gasteiger partial charge in [0.2, 0.25) is 0 Å². The summed E-state index contributed by atoms with van der Waals surface area (Å²) in [6.45, 7) is 5.36. The van der Waals surface area contributed by atoms with Gasteiger partial charge in [0.1, 0.15) is 18.8 Å². The van der Waals surface area contributed by atoms with Crippen LogP contribution in [0.25, 0.3) is 0 Å². The number of nitrogens with one attached hydrogen (secondary N) is 3. The molecule has 0 saturated heterocycles. The molecule has 2 atom stereocenters. The van der Waals surface area contributed by atoms with Crippen LogP contribution in [0.2, 0.25) is 0 Å². The number of amides is 5. The number of alkyl carbamates (subject to hydrolysis) is 3. The number of benzene rings is 3. The summed E-state index contributed by atoms with van der Waals surface area (Å²) in [5.74, 6) is -0.957. The largest absolute Gasteiger partial charge is 0.445 e. The molecule has 1 aliphatic rings. The molecule has 3 aromatic rings. The first-order valence-electron chi connectivity index (χ1n) is 16.4. The maximum atomic E-state index is 13.1. The van der Waals surface area contributed by atoms with Crippen molar-refractivity contribution in [1.29, 1.82) is 0 Å². The minimum atomic E-state index is -0.847. The van der Waals surface area contributed by atoms with Crippen molar-refractivity contribution in [3.8, 4) is 0 Å². The lowest BCUT2D eigenvalue weighted by atomic mass is 10.1. The molecule has 1 aliphatic heterocycles. The van der Waals surface area contributed by atoms with Gasteiger partial charge in [-0.2, -0.15) is 0 Å². The summed E-state index contributed by atoms with van der Waals surface area (Å²) < 4.78 is 22.0. The summed E-state index contributed by atoms with van der Waals surface area (Å²) in [5.41, 5.74) is 1.52. The van der Waals surface area contributed by atoms with E-state index in [0.29, 0.717) is 12.8 Å². The molecule has 4 rings (SSSR count). The van der Waals surface area contributed by atoms with Crippen LogP contribution in [0.1, 0.15) is 65.5 Å². The number of carbonyl (C=O) groups excluding carboxylic acids is 5. The average Bonchev–Trinajstić information content (AvgIpc) is 3.33. The van der Waals surface area contributed by atoms with Gasteiger partial charge < -0.3 is 34.9 Å². The molecule has 0 radical (unpaired) electrons. The molecule has 0 aliphatic carbocycles. The molecule has 0 unspecified atom stereocenters. The number of imide groups is 1. The minimum absolute atomic E-state index is 0.00770. The van der Waals surface area contributed by atoms with Crippen molar-refractivity contribution in [3.63, 3.8) is 0 Å². The van der Waals surface area contributed by atoms with E-state index >= 15 is 0 Å².